The summed E-state index contributed by atoms with van der Waals surface area (Å²) in [6.07, 6.45) is 2.73. The molecule has 8 heteroatoms. The van der Waals surface area contributed by atoms with E-state index in [1.165, 1.54) is 17.8 Å². The lowest BCUT2D eigenvalue weighted by atomic mass is 10.1. The summed E-state index contributed by atoms with van der Waals surface area (Å²) < 4.78 is 6.08. The monoisotopic (exact) mass is 475 g/mol. The zero-order valence-corrected chi connectivity index (χ0v) is 19.9. The molecule has 0 radical (unpaired) electrons. The summed E-state index contributed by atoms with van der Waals surface area (Å²) in [6, 6.07) is 15.3. The van der Waals surface area contributed by atoms with Crippen molar-refractivity contribution in [3.63, 3.8) is 0 Å². The third-order valence-corrected chi connectivity index (χ3v) is 5.73. The maximum Gasteiger partial charge on any atom is 0.247 e. The minimum absolute atomic E-state index is 0.304. The number of nitrogens with one attached hydrogen (secondary N) is 2. The number of anilines is 1. The summed E-state index contributed by atoms with van der Waals surface area (Å²) in [5.41, 5.74) is 3.86. The summed E-state index contributed by atoms with van der Waals surface area (Å²) >= 11 is 6.42. The van der Waals surface area contributed by atoms with Crippen LogP contribution in [-0.2, 0) is 11.3 Å². The number of fused-ring (bicyclic) bond motifs is 1. The lowest BCUT2D eigenvalue weighted by Crippen LogP contribution is -2.21. The molecule has 2 aromatic heterocycles. The van der Waals surface area contributed by atoms with E-state index in [0.717, 1.165) is 25.2 Å². The van der Waals surface area contributed by atoms with Crippen LogP contribution in [0.1, 0.15) is 19.4 Å². The van der Waals surface area contributed by atoms with Gasteiger partial charge >= 0.3 is 0 Å². The number of hydrogen-bond donors (Lipinski definition) is 2. The van der Waals surface area contributed by atoms with Gasteiger partial charge in [0, 0.05) is 23.9 Å². The molecule has 0 atom stereocenters. The third-order valence-electron chi connectivity index (χ3n) is 5.46. The highest BCUT2D eigenvalue weighted by Crippen LogP contribution is 2.36. The van der Waals surface area contributed by atoms with Gasteiger partial charge in [-0.25, -0.2) is 9.97 Å². The molecule has 0 unspecified atom stereocenters. The van der Waals surface area contributed by atoms with Crippen LogP contribution in [0, 0.1) is 0 Å². The van der Waals surface area contributed by atoms with E-state index in [0.29, 0.717) is 39.2 Å². The Morgan fingerprint density at radius 3 is 2.68 bits per heavy atom. The van der Waals surface area contributed by atoms with Gasteiger partial charge in [-0.3, -0.25) is 9.69 Å². The largest absolute Gasteiger partial charge is 0.453 e. The molecule has 2 aromatic carbocycles. The summed E-state index contributed by atoms with van der Waals surface area (Å²) in [7, 11) is 0. The first kappa shape index (κ1) is 23.5. The number of rotatable bonds is 9. The fraction of sp³-hybridized carbons (Fsp3) is 0.192. The van der Waals surface area contributed by atoms with Crippen LogP contribution in [0.2, 0.25) is 5.02 Å². The van der Waals surface area contributed by atoms with Crippen molar-refractivity contribution in [2.24, 2.45) is 0 Å². The summed E-state index contributed by atoms with van der Waals surface area (Å²) in [5, 5.41) is 3.05. The van der Waals surface area contributed by atoms with Gasteiger partial charge in [-0.1, -0.05) is 62.4 Å². The van der Waals surface area contributed by atoms with E-state index in [9.17, 15) is 4.79 Å². The molecule has 0 spiro atoms. The fourth-order valence-corrected chi connectivity index (χ4v) is 3.74. The van der Waals surface area contributed by atoms with E-state index < -0.39 is 0 Å². The van der Waals surface area contributed by atoms with Gasteiger partial charge in [-0.05, 0) is 36.9 Å². The number of carbonyl (C=O) groups is 1. The Balaban J connectivity index is 1.61. The Kier molecular flexibility index (Phi) is 7.25. The molecule has 0 aliphatic heterocycles. The maximum atomic E-state index is 11.6. The summed E-state index contributed by atoms with van der Waals surface area (Å²) in [6.45, 7) is 10.7. The second-order valence-electron chi connectivity index (χ2n) is 7.70. The van der Waals surface area contributed by atoms with Gasteiger partial charge < -0.3 is 15.0 Å². The lowest BCUT2D eigenvalue weighted by molar-refractivity contribution is -0.111. The molecule has 2 heterocycles. The van der Waals surface area contributed by atoms with Crippen LogP contribution in [0.25, 0.3) is 22.6 Å². The molecule has 2 N–H and O–H groups in total. The Bertz CT molecular complexity index is 1310. The van der Waals surface area contributed by atoms with Crippen LogP contribution in [0.4, 0.5) is 5.69 Å². The summed E-state index contributed by atoms with van der Waals surface area (Å²) in [5.74, 6) is 1.26. The Morgan fingerprint density at radius 1 is 1.21 bits per heavy atom. The van der Waals surface area contributed by atoms with E-state index in [1.807, 2.05) is 12.1 Å². The molecule has 34 heavy (non-hydrogen) atoms. The van der Waals surface area contributed by atoms with Gasteiger partial charge in [0.15, 0.2) is 16.9 Å². The highest BCUT2D eigenvalue weighted by molar-refractivity contribution is 6.32. The second kappa shape index (κ2) is 10.5. The van der Waals surface area contributed by atoms with E-state index in [4.69, 9.17) is 21.3 Å². The topological polar surface area (TPSA) is 83.1 Å². The van der Waals surface area contributed by atoms with Gasteiger partial charge in [-0.15, -0.1) is 0 Å². The van der Waals surface area contributed by atoms with Crippen molar-refractivity contribution in [3.05, 3.63) is 78.0 Å². The van der Waals surface area contributed by atoms with Gasteiger partial charge in [0.1, 0.15) is 16.6 Å². The van der Waals surface area contributed by atoms with E-state index in [1.54, 1.807) is 24.3 Å². The van der Waals surface area contributed by atoms with Crippen molar-refractivity contribution in [1.82, 2.24) is 19.9 Å². The highest BCUT2D eigenvalue weighted by Gasteiger charge is 2.16. The average Bonchev–Trinajstić information content (AvgIpc) is 3.29. The van der Waals surface area contributed by atoms with Crippen LogP contribution in [-0.4, -0.2) is 38.8 Å². The second-order valence-corrected chi connectivity index (χ2v) is 8.11. The molecular weight excluding hydrogens is 450 g/mol. The van der Waals surface area contributed by atoms with Gasteiger partial charge in [0.25, 0.3) is 0 Å². The molecule has 0 bridgehead atoms. The van der Waals surface area contributed by atoms with Crippen molar-refractivity contribution >= 4 is 34.4 Å². The molecule has 0 saturated carbocycles. The summed E-state index contributed by atoms with van der Waals surface area (Å²) in [4.78, 5) is 26.3. The van der Waals surface area contributed by atoms with E-state index >= 15 is 0 Å². The number of benzene rings is 2. The average molecular weight is 476 g/mol. The van der Waals surface area contributed by atoms with Gasteiger partial charge in [0.2, 0.25) is 5.91 Å². The Morgan fingerprint density at radius 2 is 1.97 bits per heavy atom. The van der Waals surface area contributed by atoms with Crippen molar-refractivity contribution in [1.29, 1.82) is 0 Å². The molecule has 0 saturated heterocycles. The molecule has 4 aromatic rings. The normalized spacial score (nSPS) is 11.1. The molecule has 0 aliphatic rings. The first-order chi connectivity index (χ1) is 16.5. The number of amides is 1. The third kappa shape index (κ3) is 5.27. The molecular formula is C26H26ClN5O2. The quantitative estimate of drug-likeness (QED) is 0.288. The molecule has 7 nitrogen and oxygen atoms in total. The minimum Gasteiger partial charge on any atom is -0.453 e. The number of ether oxygens (including phenoxy) is 1. The van der Waals surface area contributed by atoms with Crippen LogP contribution in [0.3, 0.4) is 0 Å². The SMILES string of the molecule is C=CC(=O)Nc1cccc(Oc2c(Cl)cnc3[nH]c(-c4ccc(CN(CC)CC)cc4)nc23)c1. The fourth-order valence-electron chi connectivity index (χ4n) is 3.56. The number of hydrogen-bond acceptors (Lipinski definition) is 5. The predicted molar refractivity (Wildman–Crippen MR) is 136 cm³/mol. The zero-order valence-electron chi connectivity index (χ0n) is 19.1. The molecule has 174 valence electrons. The number of pyridine rings is 1. The number of nitrogens with zero attached hydrogens (tertiary/aromatic N) is 3. The van der Waals surface area contributed by atoms with Gasteiger partial charge in [-0.2, -0.15) is 0 Å². The smallest absolute Gasteiger partial charge is 0.247 e. The predicted octanol–water partition coefficient (Wildman–Crippen LogP) is 6.04. The van der Waals surface area contributed by atoms with E-state index in [2.05, 4.69) is 52.7 Å². The van der Waals surface area contributed by atoms with Crippen molar-refractivity contribution in [3.8, 4) is 22.9 Å². The number of carbonyl (C=O) groups excluding carboxylic acids is 1. The molecule has 4 rings (SSSR count). The highest BCUT2D eigenvalue weighted by atomic mass is 35.5. The maximum absolute atomic E-state index is 11.6. The van der Waals surface area contributed by atoms with Crippen molar-refractivity contribution in [2.45, 2.75) is 20.4 Å². The Labute approximate surface area is 203 Å². The first-order valence-corrected chi connectivity index (χ1v) is 11.5. The molecule has 0 fully saturated rings. The minimum atomic E-state index is -0.304. The van der Waals surface area contributed by atoms with Crippen molar-refractivity contribution in [2.75, 3.05) is 18.4 Å². The van der Waals surface area contributed by atoms with Gasteiger partial charge in [0.05, 0.1) is 6.20 Å². The lowest BCUT2D eigenvalue weighted by Gasteiger charge is -2.17. The molecule has 1 amide bonds. The number of aromatic amines is 1. The zero-order chi connectivity index (χ0) is 24.1. The van der Waals surface area contributed by atoms with Crippen LogP contribution < -0.4 is 10.1 Å². The Hall–Kier alpha value is -3.68. The number of imidazole rings is 1. The van der Waals surface area contributed by atoms with Crippen LogP contribution in [0.5, 0.6) is 11.5 Å². The van der Waals surface area contributed by atoms with Crippen LogP contribution >= 0.6 is 11.6 Å². The number of H-pyrrole nitrogens is 1. The number of aromatic nitrogens is 3. The van der Waals surface area contributed by atoms with E-state index in [-0.39, 0.29) is 5.91 Å². The molecule has 0 aliphatic carbocycles. The van der Waals surface area contributed by atoms with Crippen LogP contribution in [0.15, 0.2) is 67.4 Å². The van der Waals surface area contributed by atoms with Crippen molar-refractivity contribution < 1.29 is 9.53 Å². The first-order valence-electron chi connectivity index (χ1n) is 11.1. The number of halogens is 1. The standard InChI is InChI=1S/C26H26ClN5O2/c1-4-22(33)29-19-8-7-9-20(14-19)34-24-21(27)15-28-26-23(24)30-25(31-26)18-12-10-17(11-13-18)16-32(5-2)6-3/h4,7-15H,1,5-6,16H2,2-3H3,(H,29,33)(H,28,30,31).